The molecule has 0 saturated heterocycles. The van der Waals surface area contributed by atoms with Crippen molar-refractivity contribution in [3.63, 3.8) is 0 Å². The molecule has 0 bridgehead atoms. The zero-order chi connectivity index (χ0) is 15.3. The molecule has 2 aliphatic rings. The Balaban J connectivity index is 0.00000242. The quantitative estimate of drug-likeness (QED) is 0.533. The van der Waals surface area contributed by atoms with Crippen LogP contribution in [-0.4, -0.2) is 0 Å². The van der Waals surface area contributed by atoms with Crippen LogP contribution in [0.3, 0.4) is 0 Å². The minimum absolute atomic E-state index is 0. The van der Waals surface area contributed by atoms with Gasteiger partial charge in [-0.25, -0.2) is 0 Å². The van der Waals surface area contributed by atoms with Gasteiger partial charge in [0.1, 0.15) is 0 Å². The van der Waals surface area contributed by atoms with Gasteiger partial charge in [-0.15, -0.1) is 0 Å². The van der Waals surface area contributed by atoms with Gasteiger partial charge in [-0.05, 0) is 0 Å². The predicted molar refractivity (Wildman–Crippen MR) is 90.2 cm³/mol. The molecule has 0 saturated carbocycles. The van der Waals surface area contributed by atoms with Crippen LogP contribution in [-0.2, 0) is 23.2 Å². The van der Waals surface area contributed by atoms with E-state index in [4.69, 9.17) is 0 Å². The summed E-state index contributed by atoms with van der Waals surface area (Å²) in [5.74, 6) is 0. The largest absolute Gasteiger partial charge is 1.00 e. The first-order chi connectivity index (χ1) is 10.1. The maximum absolute atomic E-state index is 2.59. The van der Waals surface area contributed by atoms with E-state index in [1.807, 2.05) is 0 Å². The Labute approximate surface area is 167 Å². The monoisotopic (exact) mass is 430 g/mol. The maximum atomic E-state index is 2.59. The van der Waals surface area contributed by atoms with Crippen LogP contribution in [0.25, 0.3) is 0 Å². The Morgan fingerprint density at radius 2 is 1.61 bits per heavy atom. The molecular formula is C20H30Cl2Zr. The van der Waals surface area contributed by atoms with Gasteiger partial charge in [0.25, 0.3) is 0 Å². The van der Waals surface area contributed by atoms with Gasteiger partial charge < -0.3 is 24.8 Å². The summed E-state index contributed by atoms with van der Waals surface area (Å²) < 4.78 is 0.893. The SMILES string of the molecule is CCCCC1=CC=C[C]1(CCCC)[Zr+2][C]1(C)C=CC=C1C.[Cl-].[Cl-]. The second-order valence-electron chi connectivity index (χ2n) is 6.77. The molecule has 0 fully saturated rings. The Morgan fingerprint density at radius 1 is 0.957 bits per heavy atom. The Hall–Kier alpha value is 0.423. The molecule has 0 aromatic carbocycles. The van der Waals surface area contributed by atoms with Crippen molar-refractivity contribution in [2.75, 3.05) is 0 Å². The van der Waals surface area contributed by atoms with Crippen molar-refractivity contribution in [2.45, 2.75) is 72.5 Å². The van der Waals surface area contributed by atoms with Crippen LogP contribution in [0.5, 0.6) is 0 Å². The van der Waals surface area contributed by atoms with E-state index in [1.54, 1.807) is 11.1 Å². The van der Waals surface area contributed by atoms with Crippen LogP contribution in [0.15, 0.2) is 47.6 Å². The summed E-state index contributed by atoms with van der Waals surface area (Å²) in [4.78, 5) is 0. The zero-order valence-corrected chi connectivity index (χ0v) is 18.9. The van der Waals surface area contributed by atoms with E-state index >= 15 is 0 Å². The molecule has 0 aliphatic heterocycles. The number of hydrogen-bond donors (Lipinski definition) is 0. The van der Waals surface area contributed by atoms with E-state index in [1.165, 1.54) is 38.5 Å². The van der Waals surface area contributed by atoms with Crippen LogP contribution < -0.4 is 24.8 Å². The Morgan fingerprint density at radius 3 is 2.17 bits per heavy atom. The second-order valence-corrected chi connectivity index (χ2v) is 12.1. The molecule has 0 amide bonds. The van der Waals surface area contributed by atoms with Crippen LogP contribution >= 0.6 is 0 Å². The van der Waals surface area contributed by atoms with E-state index in [0.717, 1.165) is 0 Å². The molecule has 0 nitrogen and oxygen atoms in total. The van der Waals surface area contributed by atoms with Crippen molar-refractivity contribution >= 4 is 0 Å². The standard InChI is InChI=1S/C13H21.C7H9.2ClH.Zr/c1-3-5-8-12-10-7-11-13(12)9-6-4-2;1-6-4-3-5-7(6)2;;;/h7,10-11H,3-6,8-9H2,1-2H3;3-5H,1-2H3;2*1H;/q;;;;+2/p-2. The summed E-state index contributed by atoms with van der Waals surface area (Å²) >= 11 is -0.636. The molecule has 0 spiro atoms. The minimum Gasteiger partial charge on any atom is -1.00 e. The maximum Gasteiger partial charge on any atom is -1.00 e. The van der Waals surface area contributed by atoms with Gasteiger partial charge >= 0.3 is 143 Å². The normalized spacial score (nSPS) is 27.8. The van der Waals surface area contributed by atoms with E-state index in [9.17, 15) is 0 Å². The Bertz CT molecular complexity index is 490. The molecule has 0 radical (unpaired) electrons. The van der Waals surface area contributed by atoms with Crippen molar-refractivity contribution < 1.29 is 48.0 Å². The smallest absolute Gasteiger partial charge is 1.00 e. The molecule has 0 aromatic heterocycles. The van der Waals surface area contributed by atoms with Gasteiger partial charge in [-0.1, -0.05) is 0 Å². The fourth-order valence-corrected chi connectivity index (χ4v) is 8.93. The second kappa shape index (κ2) is 10.4. The van der Waals surface area contributed by atoms with Gasteiger partial charge in [0.15, 0.2) is 0 Å². The summed E-state index contributed by atoms with van der Waals surface area (Å²) in [7, 11) is 0. The molecule has 0 N–H and O–H groups in total. The molecular weight excluding hydrogens is 402 g/mol. The third kappa shape index (κ3) is 5.45. The van der Waals surface area contributed by atoms with Crippen LogP contribution in [0.4, 0.5) is 0 Å². The van der Waals surface area contributed by atoms with Gasteiger partial charge in [-0.2, -0.15) is 0 Å². The van der Waals surface area contributed by atoms with Crippen LogP contribution in [0, 0.1) is 0 Å². The summed E-state index contributed by atoms with van der Waals surface area (Å²) in [6, 6.07) is 0. The van der Waals surface area contributed by atoms with E-state index in [2.05, 4.69) is 64.2 Å². The molecule has 2 atom stereocenters. The zero-order valence-electron chi connectivity index (χ0n) is 15.0. The van der Waals surface area contributed by atoms with Crippen LogP contribution in [0.1, 0.15) is 66.2 Å². The summed E-state index contributed by atoms with van der Waals surface area (Å²) in [6.45, 7) is 9.47. The van der Waals surface area contributed by atoms with Crippen molar-refractivity contribution in [1.29, 1.82) is 0 Å². The molecule has 0 heterocycles. The van der Waals surface area contributed by atoms with E-state index in [0.29, 0.717) is 6.25 Å². The van der Waals surface area contributed by atoms with E-state index in [-0.39, 0.29) is 24.8 Å². The molecule has 128 valence electrons. The average molecular weight is 433 g/mol. The fraction of sp³-hybridized carbons (Fsp3) is 0.600. The average Bonchev–Trinajstić information content (AvgIpc) is 2.99. The van der Waals surface area contributed by atoms with Crippen LogP contribution in [0.2, 0.25) is 6.25 Å². The number of unbranched alkanes of at least 4 members (excludes halogenated alkanes) is 2. The van der Waals surface area contributed by atoms with Gasteiger partial charge in [0.05, 0.1) is 0 Å². The van der Waals surface area contributed by atoms with Gasteiger partial charge in [-0.3, -0.25) is 0 Å². The topological polar surface area (TPSA) is 0 Å². The molecule has 2 unspecified atom stereocenters. The summed E-state index contributed by atoms with van der Waals surface area (Å²) in [5.41, 5.74) is 3.36. The number of halogens is 2. The molecule has 2 rings (SSSR count). The van der Waals surface area contributed by atoms with Gasteiger partial charge in [0.2, 0.25) is 0 Å². The third-order valence-corrected chi connectivity index (χ3v) is 10.6. The van der Waals surface area contributed by atoms with Crippen molar-refractivity contribution in [3.05, 3.63) is 47.6 Å². The Kier molecular flexibility index (Phi) is 10.6. The van der Waals surface area contributed by atoms with Crippen molar-refractivity contribution in [1.82, 2.24) is 0 Å². The first kappa shape index (κ1) is 23.4. The number of rotatable bonds is 8. The first-order valence-electron chi connectivity index (χ1n) is 8.61. The van der Waals surface area contributed by atoms with Gasteiger partial charge in [0, 0.05) is 0 Å². The first-order valence-corrected chi connectivity index (χ1v) is 11.1. The van der Waals surface area contributed by atoms with Crippen molar-refractivity contribution in [2.24, 2.45) is 0 Å². The number of allylic oxidation sites excluding steroid dienone is 8. The minimum atomic E-state index is -0.636. The predicted octanol–water partition coefficient (Wildman–Crippen LogP) is 0.807. The molecule has 3 heteroatoms. The van der Waals surface area contributed by atoms with Crippen molar-refractivity contribution in [3.8, 4) is 0 Å². The summed E-state index contributed by atoms with van der Waals surface area (Å²) in [5, 5.41) is 0. The fourth-order valence-electron chi connectivity index (χ4n) is 3.43. The molecule has 2 aliphatic carbocycles. The molecule has 23 heavy (non-hydrogen) atoms. The third-order valence-electron chi connectivity index (χ3n) is 5.05. The summed E-state index contributed by atoms with van der Waals surface area (Å²) in [6.07, 6.45) is 22.6. The molecule has 0 aromatic rings. The number of hydrogen-bond acceptors (Lipinski definition) is 0. The van der Waals surface area contributed by atoms with E-state index < -0.39 is 23.2 Å².